The minimum atomic E-state index is 0. The van der Waals surface area contributed by atoms with Crippen LogP contribution in [0.15, 0.2) is 23.2 Å². The summed E-state index contributed by atoms with van der Waals surface area (Å²) >= 11 is 0. The second-order valence-corrected chi connectivity index (χ2v) is 4.35. The fourth-order valence-corrected chi connectivity index (χ4v) is 1.87. The van der Waals surface area contributed by atoms with Gasteiger partial charge < -0.3 is 24.8 Å². The minimum absolute atomic E-state index is 0. The van der Waals surface area contributed by atoms with E-state index >= 15 is 0 Å². The molecule has 22 heavy (non-hydrogen) atoms. The third-order valence-electron chi connectivity index (χ3n) is 3.00. The lowest BCUT2D eigenvalue weighted by molar-refractivity contribution is 0.203. The average molecular weight is 423 g/mol. The average Bonchev–Trinajstić information content (AvgIpc) is 2.53. The van der Waals surface area contributed by atoms with E-state index in [-0.39, 0.29) is 24.0 Å². The zero-order valence-corrected chi connectivity index (χ0v) is 16.0. The van der Waals surface area contributed by atoms with E-state index in [1.807, 2.05) is 18.2 Å². The van der Waals surface area contributed by atoms with E-state index in [9.17, 15) is 0 Å². The molecular formula is C15H26IN3O3. The van der Waals surface area contributed by atoms with Crippen molar-refractivity contribution in [2.45, 2.75) is 6.42 Å². The van der Waals surface area contributed by atoms with Crippen molar-refractivity contribution in [1.29, 1.82) is 0 Å². The maximum atomic E-state index is 5.38. The van der Waals surface area contributed by atoms with Gasteiger partial charge in [0.15, 0.2) is 5.96 Å². The standard InChI is InChI=1S/C15H25N3O3.HI/c1-16-15(18-9-10-19-2)17-8-7-12-5-6-13(20-3)11-14(12)21-4;/h5-6,11H,7-10H2,1-4H3,(H2,16,17,18);1H. The molecule has 0 aliphatic rings. The van der Waals surface area contributed by atoms with Gasteiger partial charge in [0.1, 0.15) is 11.5 Å². The van der Waals surface area contributed by atoms with E-state index in [2.05, 4.69) is 15.6 Å². The first kappa shape index (κ1) is 20.8. The summed E-state index contributed by atoms with van der Waals surface area (Å²) in [7, 11) is 6.73. The fourth-order valence-electron chi connectivity index (χ4n) is 1.87. The van der Waals surface area contributed by atoms with Gasteiger partial charge in [0.25, 0.3) is 0 Å². The third kappa shape index (κ3) is 7.17. The second kappa shape index (κ2) is 12.3. The smallest absolute Gasteiger partial charge is 0.191 e. The molecule has 7 heteroatoms. The molecule has 0 saturated carbocycles. The van der Waals surface area contributed by atoms with Crippen molar-refractivity contribution in [3.63, 3.8) is 0 Å². The van der Waals surface area contributed by atoms with Gasteiger partial charge in [-0.1, -0.05) is 6.07 Å². The van der Waals surface area contributed by atoms with Crippen LogP contribution in [0.5, 0.6) is 11.5 Å². The summed E-state index contributed by atoms with van der Waals surface area (Å²) in [6, 6.07) is 5.84. The molecule has 0 aliphatic heterocycles. The molecule has 0 aromatic heterocycles. The Labute approximate surface area is 149 Å². The predicted molar refractivity (Wildman–Crippen MR) is 99.9 cm³/mol. The molecule has 1 aromatic carbocycles. The summed E-state index contributed by atoms with van der Waals surface area (Å²) in [4.78, 5) is 4.15. The van der Waals surface area contributed by atoms with Crippen LogP contribution in [0.3, 0.4) is 0 Å². The molecule has 0 atom stereocenters. The van der Waals surface area contributed by atoms with Gasteiger partial charge >= 0.3 is 0 Å². The Kier molecular flexibility index (Phi) is 11.7. The highest BCUT2D eigenvalue weighted by Gasteiger charge is 2.05. The Morgan fingerprint density at radius 1 is 1.09 bits per heavy atom. The van der Waals surface area contributed by atoms with Crippen molar-refractivity contribution >= 4 is 29.9 Å². The number of nitrogens with zero attached hydrogens (tertiary/aromatic N) is 1. The molecule has 0 unspecified atom stereocenters. The van der Waals surface area contributed by atoms with Crippen LogP contribution in [0, 0.1) is 0 Å². The maximum Gasteiger partial charge on any atom is 0.191 e. The van der Waals surface area contributed by atoms with Crippen LogP contribution >= 0.6 is 24.0 Å². The first-order valence-electron chi connectivity index (χ1n) is 6.89. The van der Waals surface area contributed by atoms with Crippen molar-refractivity contribution in [2.24, 2.45) is 4.99 Å². The molecular weight excluding hydrogens is 397 g/mol. The lowest BCUT2D eigenvalue weighted by Crippen LogP contribution is -2.39. The number of nitrogens with one attached hydrogen (secondary N) is 2. The summed E-state index contributed by atoms with van der Waals surface area (Å²) < 4.78 is 15.6. The van der Waals surface area contributed by atoms with Crippen molar-refractivity contribution in [3.05, 3.63) is 23.8 Å². The molecule has 126 valence electrons. The van der Waals surface area contributed by atoms with E-state index < -0.39 is 0 Å². The first-order valence-corrected chi connectivity index (χ1v) is 6.89. The number of rotatable bonds is 8. The molecule has 0 spiro atoms. The normalized spacial score (nSPS) is 10.6. The Morgan fingerprint density at radius 2 is 1.82 bits per heavy atom. The van der Waals surface area contributed by atoms with Gasteiger partial charge in [-0.25, -0.2) is 0 Å². The molecule has 0 radical (unpaired) electrons. The predicted octanol–water partition coefficient (Wildman–Crippen LogP) is 1.68. The highest BCUT2D eigenvalue weighted by atomic mass is 127. The van der Waals surface area contributed by atoms with Crippen LogP contribution in [0.1, 0.15) is 5.56 Å². The van der Waals surface area contributed by atoms with Crippen molar-refractivity contribution in [3.8, 4) is 11.5 Å². The molecule has 6 nitrogen and oxygen atoms in total. The lowest BCUT2D eigenvalue weighted by Gasteiger charge is -2.13. The van der Waals surface area contributed by atoms with E-state index in [1.165, 1.54) is 0 Å². The topological polar surface area (TPSA) is 64.1 Å². The SMILES string of the molecule is CN=C(NCCOC)NCCc1ccc(OC)cc1OC.I. The van der Waals surface area contributed by atoms with Crippen LogP contribution in [0.4, 0.5) is 0 Å². The molecule has 0 saturated heterocycles. The molecule has 0 heterocycles. The van der Waals surface area contributed by atoms with Crippen LogP contribution in [-0.2, 0) is 11.2 Å². The summed E-state index contributed by atoms with van der Waals surface area (Å²) in [6.45, 7) is 2.13. The largest absolute Gasteiger partial charge is 0.497 e. The summed E-state index contributed by atoms with van der Waals surface area (Å²) in [5.41, 5.74) is 1.12. The molecule has 0 fully saturated rings. The highest BCUT2D eigenvalue weighted by Crippen LogP contribution is 2.24. The molecule has 2 N–H and O–H groups in total. The van der Waals surface area contributed by atoms with E-state index in [4.69, 9.17) is 14.2 Å². The number of guanidine groups is 1. The minimum Gasteiger partial charge on any atom is -0.497 e. The molecule has 0 amide bonds. The number of ether oxygens (including phenoxy) is 3. The van der Waals surface area contributed by atoms with Crippen LogP contribution in [0.2, 0.25) is 0 Å². The van der Waals surface area contributed by atoms with Gasteiger partial charge in [-0.3, -0.25) is 4.99 Å². The van der Waals surface area contributed by atoms with Gasteiger partial charge in [0, 0.05) is 33.3 Å². The summed E-state index contributed by atoms with van der Waals surface area (Å²) in [6.07, 6.45) is 0.831. The zero-order valence-electron chi connectivity index (χ0n) is 13.6. The molecule has 0 bridgehead atoms. The van der Waals surface area contributed by atoms with Crippen molar-refractivity contribution in [2.75, 3.05) is 48.1 Å². The van der Waals surface area contributed by atoms with E-state index in [0.29, 0.717) is 6.61 Å². The first-order chi connectivity index (χ1) is 10.2. The number of halogens is 1. The molecule has 0 aliphatic carbocycles. The summed E-state index contributed by atoms with van der Waals surface area (Å²) in [5, 5.41) is 6.42. The number of methoxy groups -OCH3 is 3. The quantitative estimate of drug-likeness (QED) is 0.288. The zero-order chi connectivity index (χ0) is 15.5. The van der Waals surface area contributed by atoms with E-state index in [1.54, 1.807) is 28.4 Å². The van der Waals surface area contributed by atoms with Crippen molar-refractivity contribution < 1.29 is 14.2 Å². The maximum absolute atomic E-state index is 5.38. The van der Waals surface area contributed by atoms with Gasteiger partial charge in [-0.05, 0) is 18.1 Å². The molecule has 1 rings (SSSR count). The van der Waals surface area contributed by atoms with Crippen LogP contribution < -0.4 is 20.1 Å². The van der Waals surface area contributed by atoms with Gasteiger partial charge in [-0.15, -0.1) is 24.0 Å². The Balaban J connectivity index is 0.00000441. The Bertz CT molecular complexity index is 456. The Morgan fingerprint density at radius 3 is 2.41 bits per heavy atom. The number of benzene rings is 1. The molecule has 1 aromatic rings. The highest BCUT2D eigenvalue weighted by molar-refractivity contribution is 14.0. The van der Waals surface area contributed by atoms with Crippen molar-refractivity contribution in [1.82, 2.24) is 10.6 Å². The van der Waals surface area contributed by atoms with Gasteiger partial charge in [0.2, 0.25) is 0 Å². The van der Waals surface area contributed by atoms with Crippen LogP contribution in [0.25, 0.3) is 0 Å². The van der Waals surface area contributed by atoms with E-state index in [0.717, 1.165) is 42.5 Å². The number of hydrogen-bond donors (Lipinski definition) is 2. The monoisotopic (exact) mass is 423 g/mol. The van der Waals surface area contributed by atoms with Gasteiger partial charge in [-0.2, -0.15) is 0 Å². The third-order valence-corrected chi connectivity index (χ3v) is 3.00. The van der Waals surface area contributed by atoms with Gasteiger partial charge in [0.05, 0.1) is 20.8 Å². The lowest BCUT2D eigenvalue weighted by atomic mass is 10.1. The number of aliphatic imine (C=N–C) groups is 1. The summed E-state index contributed by atoms with van der Waals surface area (Å²) in [5.74, 6) is 2.39. The fraction of sp³-hybridized carbons (Fsp3) is 0.533. The second-order valence-electron chi connectivity index (χ2n) is 4.35. The number of hydrogen-bond acceptors (Lipinski definition) is 4. The Hall–Kier alpha value is -1.22. The van der Waals surface area contributed by atoms with Crippen LogP contribution in [-0.4, -0.2) is 54.0 Å².